The fraction of sp³-hybridized carbons (Fsp3) is 0.447. The number of carbonyl (C=O) groups excluding carboxylic acids is 3. The van der Waals surface area contributed by atoms with Crippen LogP contribution in [-0.2, 0) is 37.8 Å². The third kappa shape index (κ3) is 7.25. The molecule has 1 unspecified atom stereocenters. The van der Waals surface area contributed by atoms with Gasteiger partial charge in [-0.25, -0.2) is 0 Å². The van der Waals surface area contributed by atoms with Crippen molar-refractivity contribution < 1.29 is 28.3 Å². The second-order valence-electron chi connectivity index (χ2n) is 14.3. The van der Waals surface area contributed by atoms with Crippen LogP contribution in [0.15, 0.2) is 72.8 Å². The van der Waals surface area contributed by atoms with Gasteiger partial charge < -0.3 is 34.4 Å². The molecule has 0 aromatic heterocycles. The number of amides is 3. The van der Waals surface area contributed by atoms with Gasteiger partial charge in [-0.3, -0.25) is 14.4 Å². The Hall–Kier alpha value is -3.61. The summed E-state index contributed by atoms with van der Waals surface area (Å²) >= 11 is 6.54. The summed E-state index contributed by atoms with van der Waals surface area (Å²) in [6, 6.07) is 22.2. The molecule has 3 aromatic carbocycles. The lowest BCUT2D eigenvalue weighted by Gasteiger charge is -2.31. The smallest absolute Gasteiger partial charge is 0.264 e. The molecule has 12 heteroatoms. The van der Waals surface area contributed by atoms with Gasteiger partial charge in [-0.05, 0) is 73.9 Å². The summed E-state index contributed by atoms with van der Waals surface area (Å²) in [6.07, 6.45) is 0.780. The van der Waals surface area contributed by atoms with Crippen molar-refractivity contribution in [3.8, 4) is 0 Å². The Balaban J connectivity index is 1.28. The summed E-state index contributed by atoms with van der Waals surface area (Å²) in [5.74, 6) is -1.35. The third-order valence-electron chi connectivity index (χ3n) is 10.4. The molecule has 5 atom stereocenters. The van der Waals surface area contributed by atoms with Gasteiger partial charge in [0.2, 0.25) is 20.2 Å². The molecule has 0 radical (unpaired) electrons. The molecule has 6 rings (SSSR count). The van der Waals surface area contributed by atoms with Gasteiger partial charge >= 0.3 is 0 Å². The number of rotatable bonds is 11. The van der Waals surface area contributed by atoms with E-state index in [1.807, 2.05) is 61.5 Å². The van der Waals surface area contributed by atoms with E-state index in [0.717, 1.165) is 30.5 Å². The summed E-state index contributed by atoms with van der Waals surface area (Å²) in [6.45, 7) is 6.98. The molecule has 3 heterocycles. The highest BCUT2D eigenvalue weighted by molar-refractivity contribution is 6.72. The second-order valence-corrected chi connectivity index (χ2v) is 18.5. The topological polar surface area (TPSA) is 111 Å². The number of hydrogen-bond acceptors (Lipinski definition) is 6. The van der Waals surface area contributed by atoms with E-state index in [0.29, 0.717) is 28.5 Å². The molecule has 0 aliphatic carbocycles. The van der Waals surface area contributed by atoms with Gasteiger partial charge in [0, 0.05) is 47.4 Å². The Morgan fingerprint density at radius 1 is 1.12 bits per heavy atom. The second kappa shape index (κ2) is 14.9. The van der Waals surface area contributed by atoms with Crippen molar-refractivity contribution in [1.82, 2.24) is 10.2 Å². The van der Waals surface area contributed by atoms with Crippen molar-refractivity contribution in [2.24, 2.45) is 11.8 Å². The van der Waals surface area contributed by atoms with Crippen molar-refractivity contribution in [2.75, 3.05) is 36.5 Å². The molecule has 9 nitrogen and oxygen atoms in total. The number of halogens is 2. The number of anilines is 2. The van der Waals surface area contributed by atoms with E-state index in [1.165, 1.54) is 0 Å². The van der Waals surface area contributed by atoms with Crippen molar-refractivity contribution in [3.05, 3.63) is 94.5 Å². The van der Waals surface area contributed by atoms with Gasteiger partial charge in [-0.15, -0.1) is 0 Å². The number of carbonyl (C=O) groups is 3. The van der Waals surface area contributed by atoms with Crippen molar-refractivity contribution in [3.63, 3.8) is 0 Å². The first-order chi connectivity index (χ1) is 23.9. The number of hydrogen-bond donors (Lipinski definition) is 3. The van der Waals surface area contributed by atoms with Crippen LogP contribution in [-0.4, -0.2) is 68.5 Å². The zero-order valence-corrected chi connectivity index (χ0v) is 30.6. The zero-order chi connectivity index (χ0) is 35.6. The minimum Gasteiger partial charge on any atom is -0.395 e. The molecule has 2 saturated heterocycles. The zero-order valence-electron chi connectivity index (χ0n) is 28.8. The fourth-order valence-corrected chi connectivity index (χ4v) is 10.8. The maximum Gasteiger partial charge on any atom is 0.264 e. The fourth-order valence-electron chi connectivity index (χ4n) is 8.14. The highest BCUT2D eigenvalue weighted by atomic mass is 35.5. The van der Waals surface area contributed by atoms with Gasteiger partial charge in [0.1, 0.15) is 0 Å². The van der Waals surface area contributed by atoms with Gasteiger partial charge in [-0.2, -0.15) is 0 Å². The maximum absolute atomic E-state index is 16.4. The molecule has 0 saturated carbocycles. The summed E-state index contributed by atoms with van der Waals surface area (Å²) in [5, 5.41) is 16.5. The summed E-state index contributed by atoms with van der Waals surface area (Å²) in [5.41, 5.74) is 1.30. The quantitative estimate of drug-likeness (QED) is 0.165. The number of nitrogens with zero attached hydrogens (tertiary/aromatic N) is 2. The van der Waals surface area contributed by atoms with Crippen LogP contribution in [0.3, 0.4) is 0 Å². The number of fused-ring (bicyclic) bond motifs is 2. The molecule has 3 N–H and O–H groups in total. The molecular weight excluding hydrogens is 675 g/mol. The van der Waals surface area contributed by atoms with Crippen molar-refractivity contribution >= 4 is 49.1 Å². The minimum atomic E-state index is -3.53. The van der Waals surface area contributed by atoms with Crippen LogP contribution in [0.5, 0.6) is 0 Å². The number of piperidine rings is 1. The first kappa shape index (κ1) is 36.2. The monoisotopic (exact) mass is 720 g/mol. The highest BCUT2D eigenvalue weighted by Crippen LogP contribution is 2.60. The molecule has 0 bridgehead atoms. The summed E-state index contributed by atoms with van der Waals surface area (Å²) in [4.78, 5) is 44.8. The third-order valence-corrected chi connectivity index (χ3v) is 13.1. The van der Waals surface area contributed by atoms with Crippen LogP contribution < -0.4 is 15.5 Å². The normalized spacial score (nSPS) is 24.8. The van der Waals surface area contributed by atoms with Gasteiger partial charge in [-0.1, -0.05) is 61.0 Å². The highest BCUT2D eigenvalue weighted by Gasteiger charge is 2.67. The molecule has 50 heavy (non-hydrogen) atoms. The standard InChI is InChI=1S/C38H46ClFN4O5Si/c1-25-35(50(2,3)40)33(21-34(46)43(17-18-45)23-26-9-5-4-6-10-26)49-38(25)31-20-29(39)14-15-32(31)44(37(38)48)24-27-11-7-13-30(19-27)42-36(47)28-12-8-16-41-22-28/h4-7,9-11,13-15,19-20,25,28,33,35,41,45H,8,12,16-18,21-24H2,1-3H3,(H,42,47)/t25-,28?,33+,35-,38+/m1/s1. The lowest BCUT2D eigenvalue weighted by Crippen LogP contribution is -2.45. The van der Waals surface area contributed by atoms with E-state index in [-0.39, 0.29) is 56.3 Å². The van der Waals surface area contributed by atoms with Crippen LogP contribution in [0.25, 0.3) is 0 Å². The molecule has 3 aliphatic rings. The van der Waals surface area contributed by atoms with Gasteiger partial charge in [0.05, 0.1) is 37.3 Å². The summed E-state index contributed by atoms with van der Waals surface area (Å²) in [7, 11) is -3.53. The summed E-state index contributed by atoms with van der Waals surface area (Å²) < 4.78 is 23.2. The molecule has 3 aliphatic heterocycles. The molecule has 3 amide bonds. The lowest BCUT2D eigenvalue weighted by molar-refractivity contribution is -0.150. The Morgan fingerprint density at radius 2 is 1.88 bits per heavy atom. The van der Waals surface area contributed by atoms with E-state index in [1.54, 1.807) is 41.1 Å². The van der Waals surface area contributed by atoms with Gasteiger partial charge in [0.25, 0.3) is 5.91 Å². The van der Waals surface area contributed by atoms with E-state index >= 15 is 4.11 Å². The number of aliphatic hydroxyl groups excluding tert-OH is 1. The van der Waals surface area contributed by atoms with E-state index < -0.39 is 31.6 Å². The lowest BCUT2D eigenvalue weighted by atomic mass is 9.82. The molecule has 1 spiro atoms. The first-order valence-electron chi connectivity index (χ1n) is 17.4. The molecule has 266 valence electrons. The first-order valence-corrected chi connectivity index (χ1v) is 20.8. The van der Waals surface area contributed by atoms with E-state index in [4.69, 9.17) is 16.3 Å². The number of benzene rings is 3. The SMILES string of the molecule is C[C@@H]1[C@@H]([Si](C)(C)F)[C@H](CC(=O)N(CCO)Cc2ccccc2)O[C@@]12C(=O)N(Cc1cccc(NC(=O)C3CCCNC3)c1)c1ccc(Cl)cc12. The van der Waals surface area contributed by atoms with Crippen LogP contribution in [0.4, 0.5) is 15.5 Å². The largest absolute Gasteiger partial charge is 0.395 e. The number of aliphatic hydroxyl groups is 1. The average molecular weight is 721 g/mol. The predicted octanol–water partition coefficient (Wildman–Crippen LogP) is 6.01. The Kier molecular flexibility index (Phi) is 10.8. The Labute approximate surface area is 299 Å². The van der Waals surface area contributed by atoms with Gasteiger partial charge in [0.15, 0.2) is 5.60 Å². The van der Waals surface area contributed by atoms with Crippen molar-refractivity contribution in [2.45, 2.75) is 69.6 Å². The van der Waals surface area contributed by atoms with Crippen LogP contribution in [0.1, 0.15) is 42.9 Å². The maximum atomic E-state index is 16.4. The van der Waals surface area contributed by atoms with E-state index in [2.05, 4.69) is 10.6 Å². The average Bonchev–Trinajstić information content (AvgIpc) is 3.51. The Morgan fingerprint density at radius 3 is 2.58 bits per heavy atom. The molecule has 2 fully saturated rings. The number of nitrogens with one attached hydrogen (secondary N) is 2. The van der Waals surface area contributed by atoms with Crippen LogP contribution >= 0.6 is 11.6 Å². The predicted molar refractivity (Wildman–Crippen MR) is 195 cm³/mol. The number of ether oxygens (including phenoxy) is 1. The van der Waals surface area contributed by atoms with Crippen LogP contribution in [0.2, 0.25) is 23.7 Å². The molecular formula is C38H46ClFN4O5Si. The Bertz CT molecular complexity index is 1720. The van der Waals surface area contributed by atoms with Crippen molar-refractivity contribution in [1.29, 1.82) is 0 Å². The van der Waals surface area contributed by atoms with E-state index in [9.17, 15) is 19.5 Å². The molecule has 3 aromatic rings. The van der Waals surface area contributed by atoms with Crippen LogP contribution in [0, 0.1) is 11.8 Å². The minimum absolute atomic E-state index is 0.0373.